The molecule has 0 aliphatic carbocycles. The summed E-state index contributed by atoms with van der Waals surface area (Å²) < 4.78 is 0. The molecule has 0 aromatic heterocycles. The molecule has 0 saturated carbocycles. The van der Waals surface area contributed by atoms with Crippen molar-refractivity contribution in [1.29, 1.82) is 0 Å². The number of rotatable bonds is 9. The highest BCUT2D eigenvalue weighted by Crippen LogP contribution is 2.19. The number of aliphatic carboxylic acids is 4. The van der Waals surface area contributed by atoms with Crippen LogP contribution in [0.4, 0.5) is 0 Å². The summed E-state index contributed by atoms with van der Waals surface area (Å²) in [6, 6.07) is -0.910. The lowest BCUT2D eigenvalue weighted by molar-refractivity contribution is -0.179. The van der Waals surface area contributed by atoms with E-state index in [-0.39, 0.29) is 32.6 Å². The van der Waals surface area contributed by atoms with Crippen LogP contribution in [0.15, 0.2) is 0 Å². The monoisotopic (exact) mass is 433 g/mol. The van der Waals surface area contributed by atoms with Gasteiger partial charge in [0.2, 0.25) is 0 Å². The van der Waals surface area contributed by atoms with Crippen LogP contribution in [0.3, 0.4) is 0 Å². The number of carboxylic acids is 4. The Morgan fingerprint density at radius 1 is 0.833 bits per heavy atom. The van der Waals surface area contributed by atoms with E-state index in [1.807, 2.05) is 0 Å². The Labute approximate surface area is 173 Å². The molecule has 1 saturated heterocycles. The van der Waals surface area contributed by atoms with Gasteiger partial charge >= 0.3 is 29.4 Å². The molecule has 1 atom stereocenters. The van der Waals surface area contributed by atoms with Gasteiger partial charge in [0.15, 0.2) is 0 Å². The Morgan fingerprint density at radius 2 is 1.37 bits per heavy atom. The molecule has 0 amide bonds. The van der Waals surface area contributed by atoms with Gasteiger partial charge in [-0.2, -0.15) is 0 Å². The van der Waals surface area contributed by atoms with E-state index < -0.39 is 35.5 Å². The summed E-state index contributed by atoms with van der Waals surface area (Å²) in [7, 11) is 0. The lowest BCUT2D eigenvalue weighted by Gasteiger charge is -2.37. The molecule has 1 unspecified atom stereocenters. The summed E-state index contributed by atoms with van der Waals surface area (Å²) in [5.41, 5.74) is 2.32. The first-order valence-corrected chi connectivity index (χ1v) is 9.73. The molecule has 0 spiro atoms. The molecule has 0 aromatic rings. The number of carboxylic acid groups (broad SMARTS) is 4. The van der Waals surface area contributed by atoms with Crippen molar-refractivity contribution in [3.05, 3.63) is 0 Å². The predicted octanol–water partition coefficient (Wildman–Crippen LogP) is -3.03. The number of nitrogens with two attached hydrogens (primary N) is 1. The molecule has 1 aliphatic rings. The van der Waals surface area contributed by atoms with E-state index in [0.29, 0.717) is 39.1 Å². The molecule has 1 rings (SSSR count). The van der Waals surface area contributed by atoms with Crippen molar-refractivity contribution in [1.82, 2.24) is 20.4 Å². The number of nitrogens with one attached hydrogen (secondary N) is 2. The predicted molar refractivity (Wildman–Crippen MR) is 104 cm³/mol. The summed E-state index contributed by atoms with van der Waals surface area (Å²) in [5, 5.41) is 44.4. The van der Waals surface area contributed by atoms with Gasteiger partial charge in [0.1, 0.15) is 6.04 Å². The third-order valence-corrected chi connectivity index (χ3v) is 5.08. The van der Waals surface area contributed by atoms with Crippen molar-refractivity contribution >= 4 is 23.9 Å². The number of hydrogen-bond acceptors (Lipinski definition) is 9. The molecule has 1 fully saturated rings. The first kappa shape index (κ1) is 25.7. The third kappa shape index (κ3) is 6.34. The summed E-state index contributed by atoms with van der Waals surface area (Å²) in [6.07, 6.45) is 0.715. The van der Waals surface area contributed by atoms with Gasteiger partial charge in [0.25, 0.3) is 0 Å². The zero-order chi connectivity index (χ0) is 22.7. The zero-order valence-corrected chi connectivity index (χ0v) is 16.7. The molecule has 0 radical (unpaired) electrons. The van der Waals surface area contributed by atoms with E-state index in [2.05, 4.69) is 10.6 Å². The van der Waals surface area contributed by atoms with Crippen LogP contribution in [0.2, 0.25) is 0 Å². The fourth-order valence-electron chi connectivity index (χ4n) is 3.44. The molecular weight excluding hydrogens is 402 g/mol. The largest absolute Gasteiger partial charge is 0.480 e. The van der Waals surface area contributed by atoms with E-state index in [1.165, 1.54) is 0 Å². The van der Waals surface area contributed by atoms with Crippen molar-refractivity contribution in [3.63, 3.8) is 0 Å². The molecule has 8 N–H and O–H groups in total. The Kier molecular flexibility index (Phi) is 10.6. The number of carbonyl (C=O) groups is 4. The SMILES string of the molecule is NCCCC(C(=O)O)N1CCNCCNCCN(C(C(=O)O)(C(=O)O)C(=O)O)CC1. The van der Waals surface area contributed by atoms with Crippen LogP contribution in [0.5, 0.6) is 0 Å². The van der Waals surface area contributed by atoms with Crippen molar-refractivity contribution in [2.75, 3.05) is 58.9 Å². The van der Waals surface area contributed by atoms with Crippen molar-refractivity contribution in [2.45, 2.75) is 24.4 Å². The lowest BCUT2D eigenvalue weighted by atomic mass is 9.97. The average molecular weight is 433 g/mol. The minimum Gasteiger partial charge on any atom is -0.480 e. The van der Waals surface area contributed by atoms with Gasteiger partial charge in [0, 0.05) is 52.4 Å². The highest BCUT2D eigenvalue weighted by molar-refractivity contribution is 6.21. The third-order valence-electron chi connectivity index (χ3n) is 5.08. The standard InChI is InChI=1S/C17H31N5O8/c18-3-1-2-12(13(23)24)21-8-6-19-4-5-20-7-9-22(11-10-21)17(14(25)26,15(27)28)16(29)30/h12,19-20H,1-11,18H2,(H,23,24)(H,25,26)(H,27,28)(H,29,30). The van der Waals surface area contributed by atoms with Crippen LogP contribution in [-0.2, 0) is 19.2 Å². The highest BCUT2D eigenvalue weighted by atomic mass is 16.4. The van der Waals surface area contributed by atoms with Crippen LogP contribution in [0.25, 0.3) is 0 Å². The minimum atomic E-state index is -3.17. The summed E-state index contributed by atoms with van der Waals surface area (Å²) in [5.74, 6) is -7.12. The van der Waals surface area contributed by atoms with E-state index >= 15 is 0 Å². The van der Waals surface area contributed by atoms with Gasteiger partial charge < -0.3 is 36.8 Å². The van der Waals surface area contributed by atoms with Gasteiger partial charge in [-0.05, 0) is 19.4 Å². The first-order valence-electron chi connectivity index (χ1n) is 9.73. The molecule has 13 nitrogen and oxygen atoms in total. The minimum absolute atomic E-state index is 0.0290. The maximum atomic E-state index is 11.8. The molecule has 30 heavy (non-hydrogen) atoms. The maximum absolute atomic E-state index is 11.8. The van der Waals surface area contributed by atoms with Gasteiger partial charge in [-0.25, -0.2) is 14.4 Å². The van der Waals surface area contributed by atoms with Crippen molar-refractivity contribution < 1.29 is 39.6 Å². The molecule has 1 aliphatic heterocycles. The molecular formula is C17H31N5O8. The van der Waals surface area contributed by atoms with Gasteiger partial charge in [-0.15, -0.1) is 0 Å². The van der Waals surface area contributed by atoms with E-state index in [4.69, 9.17) is 5.73 Å². The van der Waals surface area contributed by atoms with E-state index in [0.717, 1.165) is 4.90 Å². The van der Waals surface area contributed by atoms with E-state index in [1.54, 1.807) is 4.90 Å². The molecule has 172 valence electrons. The topological polar surface area (TPSA) is 206 Å². The van der Waals surface area contributed by atoms with Crippen LogP contribution >= 0.6 is 0 Å². The average Bonchev–Trinajstić information content (AvgIpc) is 2.64. The second-order valence-electron chi connectivity index (χ2n) is 6.93. The molecule has 13 heteroatoms. The normalized spacial score (nSPS) is 19.2. The molecule has 0 aromatic carbocycles. The fourth-order valence-corrected chi connectivity index (χ4v) is 3.44. The fraction of sp³-hybridized carbons (Fsp3) is 0.765. The summed E-state index contributed by atoms with van der Waals surface area (Å²) in [6.45, 7) is 1.79. The van der Waals surface area contributed by atoms with Crippen LogP contribution in [0.1, 0.15) is 12.8 Å². The van der Waals surface area contributed by atoms with Crippen molar-refractivity contribution in [3.8, 4) is 0 Å². The van der Waals surface area contributed by atoms with Gasteiger partial charge in [-0.1, -0.05) is 0 Å². The summed E-state index contributed by atoms with van der Waals surface area (Å²) in [4.78, 5) is 49.6. The smallest absolute Gasteiger partial charge is 0.347 e. The Balaban J connectivity index is 3.23. The van der Waals surface area contributed by atoms with E-state index in [9.17, 15) is 39.6 Å². The van der Waals surface area contributed by atoms with Crippen LogP contribution < -0.4 is 16.4 Å². The van der Waals surface area contributed by atoms with Crippen LogP contribution in [0, 0.1) is 0 Å². The highest BCUT2D eigenvalue weighted by Gasteiger charge is 2.59. The Morgan fingerprint density at radius 3 is 1.83 bits per heavy atom. The lowest BCUT2D eigenvalue weighted by Crippen LogP contribution is -2.67. The number of nitrogens with zero attached hydrogens (tertiary/aromatic N) is 2. The summed E-state index contributed by atoms with van der Waals surface area (Å²) >= 11 is 0. The molecule has 0 bridgehead atoms. The van der Waals surface area contributed by atoms with Crippen molar-refractivity contribution in [2.24, 2.45) is 5.73 Å². The second kappa shape index (κ2) is 12.4. The Bertz CT molecular complexity index is 581. The van der Waals surface area contributed by atoms with Crippen LogP contribution in [-0.4, -0.2) is 125 Å². The van der Waals surface area contributed by atoms with Gasteiger partial charge in [0.05, 0.1) is 0 Å². The maximum Gasteiger partial charge on any atom is 0.347 e. The second-order valence-corrected chi connectivity index (χ2v) is 6.93. The molecule has 1 heterocycles. The first-order chi connectivity index (χ1) is 14.2. The zero-order valence-electron chi connectivity index (χ0n) is 16.7. The quantitative estimate of drug-likeness (QED) is 0.181. The Hall–Kier alpha value is -2.32. The van der Waals surface area contributed by atoms with Gasteiger partial charge in [-0.3, -0.25) is 14.6 Å². The number of hydrogen-bond donors (Lipinski definition) is 7.